The van der Waals surface area contributed by atoms with Crippen LogP contribution in [0.4, 0.5) is 5.69 Å². The maximum absolute atomic E-state index is 13.2. The molecule has 1 aliphatic heterocycles. The number of hydrogen-bond acceptors (Lipinski definition) is 4. The SMILES string of the molecule is O=C(Nc1ccc2[nH]c(=O)[nH]c2c1)C1CCN(S(=O)(=O)c2ccc3c(c2)CCCC3)CC1. The first-order valence-electron chi connectivity index (χ1n) is 11.0. The molecule has 0 bridgehead atoms. The standard InChI is InChI=1S/C23H26N4O4S/c28-22(24-18-6-8-20-21(14-18)26-23(29)25-20)16-9-11-27(12-10-16)32(30,31)19-7-5-15-3-1-2-4-17(15)13-19/h5-8,13-14,16H,1-4,9-12H2,(H,24,28)(H2,25,26,29). The highest BCUT2D eigenvalue weighted by molar-refractivity contribution is 7.89. The molecule has 1 aliphatic carbocycles. The van der Waals surface area contributed by atoms with Gasteiger partial charge in [-0.1, -0.05) is 6.07 Å². The Bertz CT molecular complexity index is 1330. The molecule has 2 heterocycles. The fraction of sp³-hybridized carbons (Fsp3) is 0.391. The topological polar surface area (TPSA) is 115 Å². The van der Waals surface area contributed by atoms with Crippen LogP contribution < -0.4 is 11.0 Å². The number of aromatic nitrogens is 2. The Labute approximate surface area is 186 Å². The Morgan fingerprint density at radius 3 is 2.44 bits per heavy atom. The highest BCUT2D eigenvalue weighted by Crippen LogP contribution is 2.28. The van der Waals surface area contributed by atoms with Crippen molar-refractivity contribution in [1.29, 1.82) is 0 Å². The number of amides is 1. The van der Waals surface area contributed by atoms with Gasteiger partial charge in [-0.3, -0.25) is 4.79 Å². The van der Waals surface area contributed by atoms with E-state index < -0.39 is 10.0 Å². The van der Waals surface area contributed by atoms with E-state index in [0.717, 1.165) is 31.2 Å². The highest BCUT2D eigenvalue weighted by atomic mass is 32.2. The summed E-state index contributed by atoms with van der Waals surface area (Å²) >= 11 is 0. The lowest BCUT2D eigenvalue weighted by atomic mass is 9.92. The predicted octanol–water partition coefficient (Wildman–Crippen LogP) is 2.77. The van der Waals surface area contributed by atoms with Crippen LogP contribution in [0.25, 0.3) is 11.0 Å². The van der Waals surface area contributed by atoms with Crippen LogP contribution in [-0.2, 0) is 27.7 Å². The van der Waals surface area contributed by atoms with E-state index in [4.69, 9.17) is 0 Å². The van der Waals surface area contributed by atoms with Crippen LogP contribution in [0.15, 0.2) is 46.1 Å². The van der Waals surface area contributed by atoms with E-state index in [1.807, 2.05) is 12.1 Å². The third-order valence-corrected chi connectivity index (χ3v) is 8.46. The number of imidazole rings is 1. The first kappa shape index (κ1) is 21.0. The molecule has 0 atom stereocenters. The lowest BCUT2D eigenvalue weighted by molar-refractivity contribution is -0.120. The number of sulfonamides is 1. The van der Waals surface area contributed by atoms with Gasteiger partial charge in [0.25, 0.3) is 0 Å². The zero-order chi connectivity index (χ0) is 22.3. The molecule has 1 aromatic heterocycles. The second kappa shape index (κ2) is 8.22. The van der Waals surface area contributed by atoms with Crippen molar-refractivity contribution in [2.75, 3.05) is 18.4 Å². The maximum Gasteiger partial charge on any atom is 0.323 e. The summed E-state index contributed by atoms with van der Waals surface area (Å²) in [6, 6.07) is 10.7. The third-order valence-electron chi connectivity index (χ3n) is 6.57. The number of aryl methyl sites for hydroxylation is 2. The summed E-state index contributed by atoms with van der Waals surface area (Å²) in [4.78, 5) is 29.8. The van der Waals surface area contributed by atoms with Gasteiger partial charge in [0.1, 0.15) is 0 Å². The van der Waals surface area contributed by atoms with Gasteiger partial charge in [-0.2, -0.15) is 4.31 Å². The van der Waals surface area contributed by atoms with E-state index in [2.05, 4.69) is 15.3 Å². The molecular formula is C23H26N4O4S. The van der Waals surface area contributed by atoms with Crippen molar-refractivity contribution in [3.05, 3.63) is 58.0 Å². The van der Waals surface area contributed by atoms with Crippen LogP contribution >= 0.6 is 0 Å². The van der Waals surface area contributed by atoms with Crippen LogP contribution in [0, 0.1) is 5.92 Å². The second-order valence-corrected chi connectivity index (χ2v) is 10.6. The van der Waals surface area contributed by atoms with E-state index >= 15 is 0 Å². The summed E-state index contributed by atoms with van der Waals surface area (Å²) in [6.07, 6.45) is 5.15. The van der Waals surface area contributed by atoms with E-state index in [9.17, 15) is 18.0 Å². The molecule has 2 aliphatic rings. The van der Waals surface area contributed by atoms with Crippen molar-refractivity contribution in [3.8, 4) is 0 Å². The van der Waals surface area contributed by atoms with Crippen molar-refractivity contribution in [3.63, 3.8) is 0 Å². The van der Waals surface area contributed by atoms with Gasteiger partial charge in [-0.15, -0.1) is 0 Å². The van der Waals surface area contributed by atoms with Crippen LogP contribution in [0.1, 0.15) is 36.8 Å². The maximum atomic E-state index is 13.2. The van der Waals surface area contributed by atoms with Gasteiger partial charge in [0, 0.05) is 24.7 Å². The number of carbonyl (C=O) groups is 1. The summed E-state index contributed by atoms with van der Waals surface area (Å²) < 4.78 is 27.8. The van der Waals surface area contributed by atoms with E-state index in [0.29, 0.717) is 47.5 Å². The molecule has 32 heavy (non-hydrogen) atoms. The molecule has 0 unspecified atom stereocenters. The minimum atomic E-state index is -3.56. The lowest BCUT2D eigenvalue weighted by Crippen LogP contribution is -2.41. The van der Waals surface area contributed by atoms with Gasteiger partial charge in [-0.25, -0.2) is 13.2 Å². The third kappa shape index (κ3) is 3.98. The number of fused-ring (bicyclic) bond motifs is 2. The molecule has 0 spiro atoms. The van der Waals surface area contributed by atoms with Crippen LogP contribution in [0.2, 0.25) is 0 Å². The van der Waals surface area contributed by atoms with Crippen molar-refractivity contribution in [2.45, 2.75) is 43.4 Å². The van der Waals surface area contributed by atoms with Gasteiger partial charge in [0.05, 0.1) is 15.9 Å². The Hall–Kier alpha value is -2.91. The quantitative estimate of drug-likeness (QED) is 0.562. The average Bonchev–Trinajstić information content (AvgIpc) is 3.18. The van der Waals surface area contributed by atoms with E-state index in [1.165, 1.54) is 9.87 Å². The molecule has 5 rings (SSSR count). The summed E-state index contributed by atoms with van der Waals surface area (Å²) in [7, 11) is -3.56. The number of anilines is 1. The molecule has 1 saturated heterocycles. The van der Waals surface area contributed by atoms with Crippen LogP contribution in [0.3, 0.4) is 0 Å². The second-order valence-electron chi connectivity index (χ2n) is 8.64. The average molecular weight is 455 g/mol. The highest BCUT2D eigenvalue weighted by Gasteiger charge is 2.32. The Morgan fingerprint density at radius 2 is 1.66 bits per heavy atom. The number of piperidine rings is 1. The monoisotopic (exact) mass is 454 g/mol. The zero-order valence-corrected chi connectivity index (χ0v) is 18.5. The normalized spacial score (nSPS) is 17.9. The Balaban J connectivity index is 1.23. The van der Waals surface area contributed by atoms with Crippen molar-refractivity contribution < 1.29 is 13.2 Å². The number of rotatable bonds is 4. The minimum absolute atomic E-state index is 0.131. The Kier molecular flexibility index (Phi) is 5.38. The van der Waals surface area contributed by atoms with Crippen LogP contribution in [-0.4, -0.2) is 41.7 Å². The molecule has 3 N–H and O–H groups in total. The first-order chi connectivity index (χ1) is 15.4. The van der Waals surface area contributed by atoms with E-state index in [-0.39, 0.29) is 17.5 Å². The molecule has 1 amide bonds. The lowest BCUT2D eigenvalue weighted by Gasteiger charge is -2.31. The molecule has 0 radical (unpaired) electrons. The number of benzene rings is 2. The number of nitrogens with zero attached hydrogens (tertiary/aromatic N) is 1. The fourth-order valence-electron chi connectivity index (χ4n) is 4.73. The molecule has 1 fully saturated rings. The Morgan fingerprint density at radius 1 is 0.938 bits per heavy atom. The van der Waals surface area contributed by atoms with Gasteiger partial charge in [0.2, 0.25) is 15.9 Å². The zero-order valence-electron chi connectivity index (χ0n) is 17.7. The largest absolute Gasteiger partial charge is 0.326 e. The molecule has 0 saturated carbocycles. The summed E-state index contributed by atoms with van der Waals surface area (Å²) in [5.74, 6) is -0.390. The van der Waals surface area contributed by atoms with Gasteiger partial charge >= 0.3 is 5.69 Å². The van der Waals surface area contributed by atoms with Gasteiger partial charge < -0.3 is 15.3 Å². The predicted molar refractivity (Wildman–Crippen MR) is 122 cm³/mol. The van der Waals surface area contributed by atoms with Crippen LogP contribution in [0.5, 0.6) is 0 Å². The smallest absolute Gasteiger partial charge is 0.323 e. The van der Waals surface area contributed by atoms with E-state index in [1.54, 1.807) is 24.3 Å². The summed E-state index contributed by atoms with van der Waals surface area (Å²) in [5.41, 5.74) is 4.00. The number of nitrogens with one attached hydrogen (secondary N) is 3. The molecule has 2 aromatic carbocycles. The number of carbonyl (C=O) groups excluding carboxylic acids is 1. The molecular weight excluding hydrogens is 428 g/mol. The van der Waals surface area contributed by atoms with Crippen molar-refractivity contribution >= 4 is 32.7 Å². The van der Waals surface area contributed by atoms with Crippen molar-refractivity contribution in [1.82, 2.24) is 14.3 Å². The summed E-state index contributed by atoms with van der Waals surface area (Å²) in [5, 5.41) is 2.89. The number of hydrogen-bond donors (Lipinski definition) is 3. The molecule has 8 nitrogen and oxygen atoms in total. The number of aromatic amines is 2. The molecule has 3 aromatic rings. The minimum Gasteiger partial charge on any atom is -0.326 e. The summed E-state index contributed by atoms with van der Waals surface area (Å²) in [6.45, 7) is 0.642. The molecule has 9 heteroatoms. The number of H-pyrrole nitrogens is 2. The molecule has 168 valence electrons. The van der Waals surface area contributed by atoms with Crippen molar-refractivity contribution in [2.24, 2.45) is 5.92 Å². The van der Waals surface area contributed by atoms with Gasteiger partial charge in [0.15, 0.2) is 0 Å². The first-order valence-corrected chi connectivity index (χ1v) is 12.5. The van der Waals surface area contributed by atoms with Gasteiger partial charge in [-0.05, 0) is 80.0 Å². The fourth-order valence-corrected chi connectivity index (χ4v) is 6.25.